The standard InChI is InChI=1S/C12H15ClN2O2/c13-9-1-3-11(4-2-9)17-12(16)15-7-5-10(14)6-8-15/h1-4,10H,5-8,14H2. The average molecular weight is 255 g/mol. The summed E-state index contributed by atoms with van der Waals surface area (Å²) in [6, 6.07) is 6.94. The summed E-state index contributed by atoms with van der Waals surface area (Å²) in [5.74, 6) is 0.509. The van der Waals surface area contributed by atoms with Gasteiger partial charge in [-0.1, -0.05) is 11.6 Å². The third-order valence-corrected chi connectivity index (χ3v) is 3.07. The third kappa shape index (κ3) is 3.35. The second-order valence-corrected chi connectivity index (χ2v) is 4.58. The maximum Gasteiger partial charge on any atom is 0.415 e. The Morgan fingerprint density at radius 1 is 1.29 bits per heavy atom. The molecule has 92 valence electrons. The van der Waals surface area contributed by atoms with Crippen molar-refractivity contribution in [1.29, 1.82) is 0 Å². The van der Waals surface area contributed by atoms with Gasteiger partial charge < -0.3 is 15.4 Å². The van der Waals surface area contributed by atoms with Crippen LogP contribution in [-0.2, 0) is 0 Å². The fourth-order valence-electron chi connectivity index (χ4n) is 1.75. The molecule has 0 aromatic heterocycles. The highest BCUT2D eigenvalue weighted by atomic mass is 35.5. The lowest BCUT2D eigenvalue weighted by Gasteiger charge is -2.29. The van der Waals surface area contributed by atoms with Crippen molar-refractivity contribution in [2.45, 2.75) is 18.9 Å². The van der Waals surface area contributed by atoms with Gasteiger partial charge in [-0.25, -0.2) is 4.79 Å². The molecule has 2 N–H and O–H groups in total. The van der Waals surface area contributed by atoms with Crippen molar-refractivity contribution in [1.82, 2.24) is 4.90 Å². The molecule has 4 nitrogen and oxygen atoms in total. The highest BCUT2D eigenvalue weighted by Crippen LogP contribution is 2.17. The maximum absolute atomic E-state index is 11.8. The Morgan fingerprint density at radius 2 is 1.88 bits per heavy atom. The zero-order valence-electron chi connectivity index (χ0n) is 9.43. The smallest absolute Gasteiger partial charge is 0.410 e. The molecule has 5 heteroatoms. The van der Waals surface area contributed by atoms with E-state index in [4.69, 9.17) is 22.1 Å². The summed E-state index contributed by atoms with van der Waals surface area (Å²) < 4.78 is 5.23. The summed E-state index contributed by atoms with van der Waals surface area (Å²) in [7, 11) is 0. The summed E-state index contributed by atoms with van der Waals surface area (Å²) in [6.45, 7) is 1.32. The summed E-state index contributed by atoms with van der Waals surface area (Å²) in [5, 5.41) is 0.619. The molecule has 0 bridgehead atoms. The molecule has 17 heavy (non-hydrogen) atoms. The van der Waals surface area contributed by atoms with Crippen LogP contribution in [0, 0.1) is 0 Å². The normalized spacial score (nSPS) is 16.9. The number of piperidine rings is 1. The predicted molar refractivity (Wildman–Crippen MR) is 66.3 cm³/mol. The molecule has 1 aromatic rings. The molecular weight excluding hydrogens is 240 g/mol. The molecule has 0 spiro atoms. The van der Waals surface area contributed by atoms with Crippen LogP contribution in [0.5, 0.6) is 5.75 Å². The largest absolute Gasteiger partial charge is 0.415 e. The molecule has 1 saturated heterocycles. The molecule has 1 aromatic carbocycles. The second kappa shape index (κ2) is 5.38. The lowest BCUT2D eigenvalue weighted by atomic mass is 10.1. The van der Waals surface area contributed by atoms with E-state index < -0.39 is 0 Å². The molecule has 0 saturated carbocycles. The Kier molecular flexibility index (Phi) is 3.86. The molecule has 2 rings (SSSR count). The molecule has 0 unspecified atom stereocenters. The van der Waals surface area contributed by atoms with E-state index >= 15 is 0 Å². The first-order valence-corrected chi connectivity index (χ1v) is 6.01. The number of amides is 1. The van der Waals surface area contributed by atoms with E-state index in [0.717, 1.165) is 12.8 Å². The third-order valence-electron chi connectivity index (χ3n) is 2.82. The summed E-state index contributed by atoms with van der Waals surface area (Å²) in [4.78, 5) is 13.5. The van der Waals surface area contributed by atoms with Crippen molar-refractivity contribution in [3.8, 4) is 5.75 Å². The number of halogens is 1. The number of ether oxygens (including phenoxy) is 1. The van der Waals surface area contributed by atoms with E-state index in [1.165, 1.54) is 0 Å². The summed E-state index contributed by atoms with van der Waals surface area (Å²) in [5.41, 5.74) is 5.77. The maximum atomic E-state index is 11.8. The molecular formula is C12H15ClN2O2. The van der Waals surface area contributed by atoms with Crippen LogP contribution in [0.4, 0.5) is 4.79 Å². The SMILES string of the molecule is NC1CCN(C(=O)Oc2ccc(Cl)cc2)CC1. The Labute approximate surface area is 105 Å². The topological polar surface area (TPSA) is 55.6 Å². The lowest BCUT2D eigenvalue weighted by Crippen LogP contribution is -2.44. The van der Waals surface area contributed by atoms with E-state index in [9.17, 15) is 4.79 Å². The van der Waals surface area contributed by atoms with E-state index in [-0.39, 0.29) is 12.1 Å². The summed E-state index contributed by atoms with van der Waals surface area (Å²) in [6.07, 6.45) is 1.34. The number of rotatable bonds is 1. The number of nitrogens with zero attached hydrogens (tertiary/aromatic N) is 1. The number of carbonyl (C=O) groups is 1. The van der Waals surface area contributed by atoms with Crippen LogP contribution in [0.1, 0.15) is 12.8 Å². The Morgan fingerprint density at radius 3 is 2.47 bits per heavy atom. The van der Waals surface area contributed by atoms with Gasteiger partial charge >= 0.3 is 6.09 Å². The Balaban J connectivity index is 1.90. The quantitative estimate of drug-likeness (QED) is 0.836. The molecule has 0 atom stereocenters. The molecule has 1 aliphatic rings. The molecule has 1 heterocycles. The lowest BCUT2D eigenvalue weighted by molar-refractivity contribution is 0.139. The van der Waals surface area contributed by atoms with Crippen LogP contribution in [0.3, 0.4) is 0 Å². The van der Waals surface area contributed by atoms with Crippen molar-refractivity contribution < 1.29 is 9.53 Å². The van der Waals surface area contributed by atoms with Crippen molar-refractivity contribution >= 4 is 17.7 Å². The number of hydrogen-bond donors (Lipinski definition) is 1. The minimum atomic E-state index is -0.320. The molecule has 0 aliphatic carbocycles. The van der Waals surface area contributed by atoms with E-state index in [1.54, 1.807) is 29.2 Å². The summed E-state index contributed by atoms with van der Waals surface area (Å²) >= 11 is 5.75. The van der Waals surface area contributed by atoms with Gasteiger partial charge in [0, 0.05) is 24.2 Å². The van der Waals surface area contributed by atoms with Crippen LogP contribution in [-0.4, -0.2) is 30.1 Å². The van der Waals surface area contributed by atoms with Crippen molar-refractivity contribution in [2.75, 3.05) is 13.1 Å². The van der Waals surface area contributed by atoms with Crippen LogP contribution in [0.15, 0.2) is 24.3 Å². The van der Waals surface area contributed by atoms with Crippen molar-refractivity contribution in [2.24, 2.45) is 5.73 Å². The monoisotopic (exact) mass is 254 g/mol. The van der Waals surface area contributed by atoms with E-state index in [0.29, 0.717) is 23.9 Å². The zero-order valence-corrected chi connectivity index (χ0v) is 10.2. The highest BCUT2D eigenvalue weighted by Gasteiger charge is 2.21. The molecule has 1 amide bonds. The minimum Gasteiger partial charge on any atom is -0.410 e. The predicted octanol–water partition coefficient (Wildman–Crippen LogP) is 2.26. The molecule has 0 radical (unpaired) electrons. The first kappa shape index (κ1) is 12.2. The fourth-order valence-corrected chi connectivity index (χ4v) is 1.88. The average Bonchev–Trinajstić information content (AvgIpc) is 2.33. The molecule has 1 fully saturated rings. The number of benzene rings is 1. The number of likely N-dealkylation sites (tertiary alicyclic amines) is 1. The van der Waals surface area contributed by atoms with Gasteiger partial charge in [0.15, 0.2) is 0 Å². The highest BCUT2D eigenvalue weighted by molar-refractivity contribution is 6.30. The minimum absolute atomic E-state index is 0.203. The first-order chi connectivity index (χ1) is 8.15. The number of hydrogen-bond acceptors (Lipinski definition) is 3. The first-order valence-electron chi connectivity index (χ1n) is 5.63. The Hall–Kier alpha value is -1.26. The van der Waals surface area contributed by atoms with Gasteiger partial charge in [-0.3, -0.25) is 0 Å². The zero-order chi connectivity index (χ0) is 12.3. The number of nitrogens with two attached hydrogens (primary N) is 1. The van der Waals surface area contributed by atoms with Gasteiger partial charge in [0.1, 0.15) is 5.75 Å². The van der Waals surface area contributed by atoms with Crippen molar-refractivity contribution in [3.05, 3.63) is 29.3 Å². The second-order valence-electron chi connectivity index (χ2n) is 4.15. The van der Waals surface area contributed by atoms with Gasteiger partial charge in [0.25, 0.3) is 0 Å². The van der Waals surface area contributed by atoms with Crippen LogP contribution in [0.25, 0.3) is 0 Å². The van der Waals surface area contributed by atoms with Crippen molar-refractivity contribution in [3.63, 3.8) is 0 Å². The van der Waals surface area contributed by atoms with E-state index in [2.05, 4.69) is 0 Å². The van der Waals surface area contributed by atoms with Gasteiger partial charge in [0.05, 0.1) is 0 Å². The van der Waals surface area contributed by atoms with Gasteiger partial charge in [-0.2, -0.15) is 0 Å². The van der Waals surface area contributed by atoms with Crippen LogP contribution < -0.4 is 10.5 Å². The fraction of sp³-hybridized carbons (Fsp3) is 0.417. The number of carbonyl (C=O) groups excluding carboxylic acids is 1. The van der Waals surface area contributed by atoms with E-state index in [1.807, 2.05) is 0 Å². The van der Waals surface area contributed by atoms with Crippen LogP contribution in [0.2, 0.25) is 5.02 Å². The van der Waals surface area contributed by atoms with Gasteiger partial charge in [0.2, 0.25) is 0 Å². The van der Waals surface area contributed by atoms with Crippen LogP contribution >= 0.6 is 11.6 Å². The van der Waals surface area contributed by atoms with Gasteiger partial charge in [-0.15, -0.1) is 0 Å². The van der Waals surface area contributed by atoms with Gasteiger partial charge in [-0.05, 0) is 37.1 Å². The Bertz CT molecular complexity index is 386. The molecule has 1 aliphatic heterocycles.